The molecule has 196 valence electrons. The van der Waals surface area contributed by atoms with E-state index in [0.29, 0.717) is 22.3 Å². The molecule has 0 saturated carbocycles. The molecule has 0 aliphatic carbocycles. The van der Waals surface area contributed by atoms with Crippen LogP contribution in [0, 0.1) is 0 Å². The van der Waals surface area contributed by atoms with Crippen LogP contribution in [0.4, 0.5) is 13.2 Å². The SMILES string of the molecule is NC(=O)c1c(-c2ccc(C(F)(F)F)cc2)cccc1-c1ccc2c(c1)CCN(Cc1nc3ccccc3[nH]1)C2. The second-order valence-electron chi connectivity index (χ2n) is 9.81. The van der Waals surface area contributed by atoms with E-state index in [4.69, 9.17) is 10.7 Å². The Hall–Kier alpha value is -4.43. The van der Waals surface area contributed by atoms with Gasteiger partial charge in [0.05, 0.1) is 28.7 Å². The lowest BCUT2D eigenvalue weighted by Crippen LogP contribution is -2.30. The number of benzene rings is 4. The number of fused-ring (bicyclic) bond motifs is 2. The van der Waals surface area contributed by atoms with Crippen LogP contribution in [-0.4, -0.2) is 27.3 Å². The fraction of sp³-hybridized carbons (Fsp3) is 0.161. The zero-order valence-corrected chi connectivity index (χ0v) is 20.9. The number of hydrogen-bond donors (Lipinski definition) is 2. The van der Waals surface area contributed by atoms with E-state index in [1.807, 2.05) is 36.4 Å². The topological polar surface area (TPSA) is 75.0 Å². The smallest absolute Gasteiger partial charge is 0.366 e. The number of hydrogen-bond acceptors (Lipinski definition) is 3. The van der Waals surface area contributed by atoms with E-state index in [9.17, 15) is 18.0 Å². The van der Waals surface area contributed by atoms with Crippen molar-refractivity contribution in [2.24, 2.45) is 5.73 Å². The lowest BCUT2D eigenvalue weighted by atomic mass is 9.88. The molecule has 1 aromatic heterocycles. The first kappa shape index (κ1) is 24.9. The number of H-pyrrole nitrogens is 1. The molecule has 1 aliphatic rings. The van der Waals surface area contributed by atoms with Gasteiger partial charge >= 0.3 is 6.18 Å². The van der Waals surface area contributed by atoms with Crippen molar-refractivity contribution >= 4 is 16.9 Å². The predicted octanol–water partition coefficient (Wildman–Crippen LogP) is 6.57. The second kappa shape index (κ2) is 9.71. The lowest BCUT2D eigenvalue weighted by Gasteiger charge is -2.28. The Kier molecular flexibility index (Phi) is 6.19. The van der Waals surface area contributed by atoms with Crippen LogP contribution < -0.4 is 5.73 Å². The molecule has 0 bridgehead atoms. The molecule has 39 heavy (non-hydrogen) atoms. The van der Waals surface area contributed by atoms with Crippen molar-refractivity contribution in [1.29, 1.82) is 0 Å². The van der Waals surface area contributed by atoms with Crippen LogP contribution in [-0.2, 0) is 25.7 Å². The molecule has 1 aliphatic heterocycles. The number of imidazole rings is 1. The fourth-order valence-electron chi connectivity index (χ4n) is 5.34. The van der Waals surface area contributed by atoms with Gasteiger partial charge in [-0.3, -0.25) is 9.69 Å². The number of rotatable bonds is 5. The Balaban J connectivity index is 1.28. The van der Waals surface area contributed by atoms with Crippen LogP contribution in [0.15, 0.2) is 84.9 Å². The number of nitrogens with zero attached hydrogens (tertiary/aromatic N) is 2. The zero-order chi connectivity index (χ0) is 27.1. The first-order valence-electron chi connectivity index (χ1n) is 12.6. The molecule has 5 aromatic rings. The first-order valence-corrected chi connectivity index (χ1v) is 12.6. The Morgan fingerprint density at radius 3 is 2.33 bits per heavy atom. The van der Waals surface area contributed by atoms with E-state index in [2.05, 4.69) is 22.0 Å². The summed E-state index contributed by atoms with van der Waals surface area (Å²) >= 11 is 0. The molecule has 4 aromatic carbocycles. The molecular formula is C31H25F3N4O. The highest BCUT2D eigenvalue weighted by molar-refractivity contribution is 6.06. The van der Waals surface area contributed by atoms with E-state index in [0.717, 1.165) is 60.6 Å². The highest BCUT2D eigenvalue weighted by Crippen LogP contribution is 2.36. The van der Waals surface area contributed by atoms with Gasteiger partial charge in [-0.25, -0.2) is 4.98 Å². The number of alkyl halides is 3. The van der Waals surface area contributed by atoms with E-state index in [1.54, 1.807) is 12.1 Å². The van der Waals surface area contributed by atoms with Crippen LogP contribution >= 0.6 is 0 Å². The number of nitrogens with one attached hydrogen (secondary N) is 1. The van der Waals surface area contributed by atoms with E-state index < -0.39 is 17.6 Å². The quantitative estimate of drug-likeness (QED) is 0.272. The van der Waals surface area contributed by atoms with Gasteiger partial charge in [0.25, 0.3) is 0 Å². The number of nitrogens with two attached hydrogens (primary N) is 1. The summed E-state index contributed by atoms with van der Waals surface area (Å²) in [6.45, 7) is 2.36. The van der Waals surface area contributed by atoms with Crippen LogP contribution in [0.1, 0.15) is 32.9 Å². The molecule has 5 nitrogen and oxygen atoms in total. The summed E-state index contributed by atoms with van der Waals surface area (Å²) in [7, 11) is 0. The number of halogens is 3. The first-order chi connectivity index (χ1) is 18.8. The van der Waals surface area contributed by atoms with Crippen molar-refractivity contribution in [1.82, 2.24) is 14.9 Å². The predicted molar refractivity (Wildman–Crippen MR) is 145 cm³/mol. The number of aromatic nitrogens is 2. The third kappa shape index (κ3) is 4.91. The zero-order valence-electron chi connectivity index (χ0n) is 20.9. The second-order valence-corrected chi connectivity index (χ2v) is 9.81. The molecule has 2 heterocycles. The minimum atomic E-state index is -4.43. The maximum Gasteiger partial charge on any atom is 0.416 e. The van der Waals surface area contributed by atoms with Gasteiger partial charge in [-0.15, -0.1) is 0 Å². The largest absolute Gasteiger partial charge is 0.416 e. The van der Waals surface area contributed by atoms with E-state index >= 15 is 0 Å². The highest BCUT2D eigenvalue weighted by atomic mass is 19.4. The molecular weight excluding hydrogens is 501 g/mol. The fourth-order valence-corrected chi connectivity index (χ4v) is 5.34. The number of carbonyl (C=O) groups is 1. The maximum absolute atomic E-state index is 13.0. The third-order valence-corrected chi connectivity index (χ3v) is 7.25. The minimum Gasteiger partial charge on any atom is -0.366 e. The number of para-hydroxylation sites is 2. The molecule has 0 fully saturated rings. The Bertz CT molecular complexity index is 1660. The average Bonchev–Trinajstić information content (AvgIpc) is 3.34. The molecule has 1 amide bonds. The van der Waals surface area contributed by atoms with Crippen molar-refractivity contribution < 1.29 is 18.0 Å². The van der Waals surface area contributed by atoms with Gasteiger partial charge in [0.15, 0.2) is 0 Å². The van der Waals surface area contributed by atoms with Crippen molar-refractivity contribution in [3.8, 4) is 22.3 Å². The molecule has 0 radical (unpaired) electrons. The lowest BCUT2D eigenvalue weighted by molar-refractivity contribution is -0.137. The molecule has 0 unspecified atom stereocenters. The Labute approximate surface area is 223 Å². The summed E-state index contributed by atoms with van der Waals surface area (Å²) in [5.41, 5.74) is 12.3. The van der Waals surface area contributed by atoms with Crippen molar-refractivity contribution in [2.75, 3.05) is 6.54 Å². The highest BCUT2D eigenvalue weighted by Gasteiger charge is 2.30. The van der Waals surface area contributed by atoms with Gasteiger partial charge in [-0.1, -0.05) is 60.7 Å². The summed E-state index contributed by atoms with van der Waals surface area (Å²) in [4.78, 5) is 23.0. The van der Waals surface area contributed by atoms with Gasteiger partial charge in [0, 0.05) is 13.1 Å². The van der Waals surface area contributed by atoms with Crippen LogP contribution in [0.2, 0.25) is 0 Å². The molecule has 3 N–H and O–H groups in total. The summed E-state index contributed by atoms with van der Waals surface area (Å²) in [5, 5.41) is 0. The normalized spacial score (nSPS) is 13.9. The number of amides is 1. The molecule has 0 saturated heterocycles. The third-order valence-electron chi connectivity index (χ3n) is 7.25. The molecule has 0 spiro atoms. The summed E-state index contributed by atoms with van der Waals surface area (Å²) in [5.74, 6) is 0.303. The molecule has 0 atom stereocenters. The molecule has 8 heteroatoms. The Morgan fingerprint density at radius 1 is 0.897 bits per heavy atom. The van der Waals surface area contributed by atoms with Crippen LogP contribution in [0.3, 0.4) is 0 Å². The summed E-state index contributed by atoms with van der Waals surface area (Å²) in [6, 6.07) is 24.2. The van der Waals surface area contributed by atoms with E-state index in [-0.39, 0.29) is 0 Å². The van der Waals surface area contributed by atoms with Gasteiger partial charge < -0.3 is 10.7 Å². The van der Waals surface area contributed by atoms with Crippen molar-refractivity contribution in [3.05, 3.63) is 113 Å². The van der Waals surface area contributed by atoms with E-state index in [1.165, 1.54) is 23.3 Å². The van der Waals surface area contributed by atoms with Crippen molar-refractivity contribution in [3.63, 3.8) is 0 Å². The molecule has 6 rings (SSSR count). The van der Waals surface area contributed by atoms with Gasteiger partial charge in [0.1, 0.15) is 5.82 Å². The standard InChI is InChI=1S/C31H25F3N4O/c32-31(33,34)23-12-10-19(11-13-23)24-4-3-5-25(29(24)30(35)39)21-8-9-22-17-38(15-14-20(22)16-21)18-28-36-26-6-1-2-7-27(26)37-28/h1-13,16H,14-15,17-18H2,(H2,35,39)(H,36,37). The van der Waals surface area contributed by atoms with Crippen LogP contribution in [0.25, 0.3) is 33.3 Å². The minimum absolute atomic E-state index is 0.291. The van der Waals surface area contributed by atoms with Crippen molar-refractivity contribution in [2.45, 2.75) is 25.7 Å². The summed E-state index contributed by atoms with van der Waals surface area (Å²) < 4.78 is 39.1. The number of primary amides is 1. The summed E-state index contributed by atoms with van der Waals surface area (Å²) in [6.07, 6.45) is -3.59. The number of carbonyl (C=O) groups excluding carboxylic acids is 1. The average molecular weight is 527 g/mol. The Morgan fingerprint density at radius 2 is 1.62 bits per heavy atom. The van der Waals surface area contributed by atoms with Gasteiger partial charge in [-0.2, -0.15) is 13.2 Å². The monoisotopic (exact) mass is 526 g/mol. The van der Waals surface area contributed by atoms with Gasteiger partial charge in [-0.05, 0) is 64.1 Å². The maximum atomic E-state index is 13.0. The van der Waals surface area contributed by atoms with Crippen LogP contribution in [0.5, 0.6) is 0 Å². The van der Waals surface area contributed by atoms with Gasteiger partial charge in [0.2, 0.25) is 5.91 Å². The number of aromatic amines is 1.